The maximum absolute atomic E-state index is 12.4. The second kappa shape index (κ2) is 7.48. The molecule has 0 aliphatic heterocycles. The first-order chi connectivity index (χ1) is 12.9. The van der Waals surface area contributed by atoms with Crippen molar-refractivity contribution in [2.24, 2.45) is 0 Å². The van der Waals surface area contributed by atoms with Crippen molar-refractivity contribution in [3.05, 3.63) is 45.6 Å². The number of benzene rings is 1. The molecule has 0 radical (unpaired) electrons. The van der Waals surface area contributed by atoms with Gasteiger partial charge in [0.25, 0.3) is 5.56 Å². The van der Waals surface area contributed by atoms with Gasteiger partial charge in [-0.1, -0.05) is 5.16 Å². The third-order valence-electron chi connectivity index (χ3n) is 4.19. The molecular weight excluding hydrogens is 352 g/mol. The van der Waals surface area contributed by atoms with E-state index in [9.17, 15) is 9.59 Å². The van der Waals surface area contributed by atoms with Gasteiger partial charge in [0.1, 0.15) is 23.8 Å². The maximum Gasteiger partial charge on any atom is 0.297 e. The van der Waals surface area contributed by atoms with Crippen molar-refractivity contribution in [2.45, 2.75) is 26.9 Å². The van der Waals surface area contributed by atoms with Crippen LogP contribution in [0.15, 0.2) is 27.5 Å². The molecule has 1 N–H and O–H groups in total. The number of carbonyl (C=O) groups excluding carboxylic acids is 1. The molecule has 1 aromatic carbocycles. The summed E-state index contributed by atoms with van der Waals surface area (Å²) in [6, 6.07) is 5.31. The number of hydrogen-bond donors (Lipinski definition) is 1. The van der Waals surface area contributed by atoms with Crippen LogP contribution < -0.4 is 20.3 Å². The van der Waals surface area contributed by atoms with E-state index in [1.54, 1.807) is 46.3 Å². The standard InChI is InChI=1S/C18H20N4O5/c1-10-16-11(2)27-21-17(16)18(24)22(20-10)9-15(23)19-8-12-7-13(25-3)5-6-14(12)26-4/h5-7H,8-9H2,1-4H3,(H,19,23). The van der Waals surface area contributed by atoms with Crippen LogP contribution in [0.4, 0.5) is 0 Å². The van der Waals surface area contributed by atoms with Crippen LogP contribution in [0.3, 0.4) is 0 Å². The fourth-order valence-corrected chi connectivity index (χ4v) is 2.86. The quantitative estimate of drug-likeness (QED) is 0.695. The Balaban J connectivity index is 1.76. The number of methoxy groups -OCH3 is 2. The van der Waals surface area contributed by atoms with Crippen molar-refractivity contribution in [2.75, 3.05) is 14.2 Å². The predicted octanol–water partition coefficient (Wildman–Crippen LogP) is 1.33. The molecule has 3 aromatic rings. The lowest BCUT2D eigenvalue weighted by Gasteiger charge is -2.12. The number of amides is 1. The van der Waals surface area contributed by atoms with Crippen molar-refractivity contribution >= 4 is 16.8 Å². The van der Waals surface area contributed by atoms with E-state index < -0.39 is 5.56 Å². The summed E-state index contributed by atoms with van der Waals surface area (Å²) in [5.74, 6) is 1.43. The third kappa shape index (κ3) is 3.62. The predicted molar refractivity (Wildman–Crippen MR) is 96.9 cm³/mol. The van der Waals surface area contributed by atoms with E-state index in [-0.39, 0.29) is 24.5 Å². The Morgan fingerprint density at radius 3 is 2.74 bits per heavy atom. The normalized spacial score (nSPS) is 10.8. The fourth-order valence-electron chi connectivity index (χ4n) is 2.86. The topological polar surface area (TPSA) is 108 Å². The average Bonchev–Trinajstić information content (AvgIpc) is 3.06. The first kappa shape index (κ1) is 18.4. The van der Waals surface area contributed by atoms with Gasteiger partial charge in [-0.15, -0.1) is 0 Å². The first-order valence-corrected chi connectivity index (χ1v) is 8.26. The molecule has 0 saturated carbocycles. The Bertz CT molecular complexity index is 1050. The molecule has 0 fully saturated rings. The Labute approximate surface area is 154 Å². The lowest BCUT2D eigenvalue weighted by molar-refractivity contribution is -0.122. The second-order valence-corrected chi connectivity index (χ2v) is 5.97. The Kier molecular flexibility index (Phi) is 5.11. The Morgan fingerprint density at radius 2 is 2.04 bits per heavy atom. The zero-order valence-electron chi connectivity index (χ0n) is 15.5. The highest BCUT2D eigenvalue weighted by Gasteiger charge is 2.16. The van der Waals surface area contributed by atoms with Crippen LogP contribution in [0.1, 0.15) is 17.0 Å². The van der Waals surface area contributed by atoms with E-state index in [1.807, 2.05) is 0 Å². The summed E-state index contributed by atoms with van der Waals surface area (Å²) in [7, 11) is 3.11. The second-order valence-electron chi connectivity index (χ2n) is 5.97. The SMILES string of the molecule is COc1ccc(OC)c(CNC(=O)Cn2nc(C)c3c(C)onc3c2=O)c1. The molecule has 3 rings (SSSR count). The molecular formula is C18H20N4O5. The molecule has 0 unspecified atom stereocenters. The van der Waals surface area contributed by atoms with Crippen LogP contribution in [0, 0.1) is 13.8 Å². The molecule has 0 aliphatic carbocycles. The first-order valence-electron chi connectivity index (χ1n) is 8.26. The van der Waals surface area contributed by atoms with Crippen molar-refractivity contribution in [3.8, 4) is 11.5 Å². The number of nitrogens with zero attached hydrogens (tertiary/aromatic N) is 3. The third-order valence-corrected chi connectivity index (χ3v) is 4.19. The van der Waals surface area contributed by atoms with Gasteiger partial charge in [0.2, 0.25) is 5.91 Å². The van der Waals surface area contributed by atoms with Gasteiger partial charge in [0.15, 0.2) is 5.52 Å². The molecule has 2 heterocycles. The van der Waals surface area contributed by atoms with Gasteiger partial charge in [0, 0.05) is 12.1 Å². The van der Waals surface area contributed by atoms with Gasteiger partial charge in [-0.25, -0.2) is 4.68 Å². The Morgan fingerprint density at radius 1 is 1.26 bits per heavy atom. The lowest BCUT2D eigenvalue weighted by Crippen LogP contribution is -2.34. The molecule has 142 valence electrons. The number of hydrogen-bond acceptors (Lipinski definition) is 7. The fraction of sp³-hybridized carbons (Fsp3) is 0.333. The van der Waals surface area contributed by atoms with Crippen LogP contribution >= 0.6 is 0 Å². The van der Waals surface area contributed by atoms with E-state index in [1.165, 1.54) is 0 Å². The lowest BCUT2D eigenvalue weighted by atomic mass is 10.2. The summed E-state index contributed by atoms with van der Waals surface area (Å²) in [6.07, 6.45) is 0. The zero-order valence-corrected chi connectivity index (χ0v) is 15.5. The highest BCUT2D eigenvalue weighted by Crippen LogP contribution is 2.23. The summed E-state index contributed by atoms with van der Waals surface area (Å²) < 4.78 is 16.6. The molecule has 9 nitrogen and oxygen atoms in total. The summed E-state index contributed by atoms with van der Waals surface area (Å²) in [5.41, 5.74) is 1.03. The van der Waals surface area contributed by atoms with Gasteiger partial charge >= 0.3 is 0 Å². The van der Waals surface area contributed by atoms with E-state index in [2.05, 4.69) is 15.6 Å². The number of ether oxygens (including phenoxy) is 2. The minimum absolute atomic E-state index is 0.169. The number of aromatic nitrogens is 3. The summed E-state index contributed by atoms with van der Waals surface area (Å²) in [5, 5.41) is 11.3. The van der Waals surface area contributed by atoms with Gasteiger partial charge in [-0.3, -0.25) is 9.59 Å². The molecule has 2 aromatic heterocycles. The van der Waals surface area contributed by atoms with Gasteiger partial charge < -0.3 is 19.3 Å². The molecule has 0 atom stereocenters. The minimum atomic E-state index is -0.471. The molecule has 27 heavy (non-hydrogen) atoms. The van der Waals surface area contributed by atoms with Crippen molar-refractivity contribution < 1.29 is 18.8 Å². The van der Waals surface area contributed by atoms with Gasteiger partial charge in [-0.05, 0) is 32.0 Å². The number of fused-ring (bicyclic) bond motifs is 1. The summed E-state index contributed by atoms with van der Waals surface area (Å²) >= 11 is 0. The maximum atomic E-state index is 12.4. The molecule has 0 spiro atoms. The van der Waals surface area contributed by atoms with Crippen LogP contribution in [0.5, 0.6) is 11.5 Å². The Hall–Kier alpha value is -3.36. The van der Waals surface area contributed by atoms with E-state index in [4.69, 9.17) is 14.0 Å². The summed E-state index contributed by atoms with van der Waals surface area (Å²) in [6.45, 7) is 3.44. The number of carbonyl (C=O) groups is 1. The molecule has 1 amide bonds. The smallest absolute Gasteiger partial charge is 0.297 e. The van der Waals surface area contributed by atoms with Crippen LogP contribution in [0.2, 0.25) is 0 Å². The van der Waals surface area contributed by atoms with Gasteiger partial charge in [0.05, 0.1) is 25.3 Å². The van der Waals surface area contributed by atoms with Gasteiger partial charge in [-0.2, -0.15) is 5.10 Å². The van der Waals surface area contributed by atoms with Crippen LogP contribution in [-0.4, -0.2) is 35.1 Å². The molecule has 9 heteroatoms. The highest BCUT2D eigenvalue weighted by atomic mass is 16.5. The number of rotatable bonds is 6. The van der Waals surface area contributed by atoms with Crippen LogP contribution in [0.25, 0.3) is 10.9 Å². The minimum Gasteiger partial charge on any atom is -0.497 e. The molecule has 0 bridgehead atoms. The van der Waals surface area contributed by atoms with E-state index in [0.29, 0.717) is 28.3 Å². The zero-order chi connectivity index (χ0) is 19.6. The largest absolute Gasteiger partial charge is 0.497 e. The van der Waals surface area contributed by atoms with E-state index >= 15 is 0 Å². The highest BCUT2D eigenvalue weighted by molar-refractivity contribution is 5.82. The molecule has 0 saturated heterocycles. The van der Waals surface area contributed by atoms with Crippen molar-refractivity contribution in [1.29, 1.82) is 0 Å². The molecule has 0 aliphatic rings. The van der Waals surface area contributed by atoms with Crippen molar-refractivity contribution in [1.82, 2.24) is 20.3 Å². The van der Waals surface area contributed by atoms with Crippen molar-refractivity contribution in [3.63, 3.8) is 0 Å². The number of nitrogens with one attached hydrogen (secondary N) is 1. The monoisotopic (exact) mass is 372 g/mol. The van der Waals surface area contributed by atoms with E-state index in [0.717, 1.165) is 10.2 Å². The van der Waals surface area contributed by atoms with Crippen LogP contribution in [-0.2, 0) is 17.9 Å². The summed E-state index contributed by atoms with van der Waals surface area (Å²) in [4.78, 5) is 24.8. The number of aryl methyl sites for hydroxylation is 2. The average molecular weight is 372 g/mol.